The standard InChI is InChI=1S/C22H21N5OS/c1-14-13-29-20-18(14)26-22(25-15(2)17-10-6-7-11-23-17)27-19(20)21(28)24-12-16-8-4-3-5-9-16/h3-11,13,15H,12H2,1-2H3,(H,24,28)(H,25,26,27). The number of amides is 1. The molecule has 4 rings (SSSR count). The first kappa shape index (κ1) is 19.0. The summed E-state index contributed by atoms with van der Waals surface area (Å²) in [4.78, 5) is 26.5. The lowest BCUT2D eigenvalue weighted by molar-refractivity contribution is 0.0948. The molecule has 2 N–H and O–H groups in total. The molecule has 1 aromatic carbocycles. The highest BCUT2D eigenvalue weighted by atomic mass is 32.1. The number of thiophene rings is 1. The van der Waals surface area contributed by atoms with E-state index in [-0.39, 0.29) is 11.9 Å². The highest BCUT2D eigenvalue weighted by molar-refractivity contribution is 7.17. The van der Waals surface area contributed by atoms with Gasteiger partial charge in [-0.1, -0.05) is 36.4 Å². The summed E-state index contributed by atoms with van der Waals surface area (Å²) in [6, 6.07) is 15.5. The molecular formula is C22H21N5OS. The monoisotopic (exact) mass is 403 g/mol. The van der Waals surface area contributed by atoms with Gasteiger partial charge in [0.25, 0.3) is 5.91 Å². The van der Waals surface area contributed by atoms with Crippen LogP contribution in [0.5, 0.6) is 0 Å². The lowest BCUT2D eigenvalue weighted by Gasteiger charge is -2.14. The van der Waals surface area contributed by atoms with Crippen molar-refractivity contribution in [1.82, 2.24) is 20.3 Å². The number of hydrogen-bond acceptors (Lipinski definition) is 6. The summed E-state index contributed by atoms with van der Waals surface area (Å²) in [5, 5.41) is 8.24. The molecule has 146 valence electrons. The summed E-state index contributed by atoms with van der Waals surface area (Å²) in [6.45, 7) is 4.43. The van der Waals surface area contributed by atoms with Crippen molar-refractivity contribution in [2.45, 2.75) is 26.4 Å². The normalized spacial score (nSPS) is 11.9. The fraction of sp³-hybridized carbons (Fsp3) is 0.182. The molecule has 3 heterocycles. The topological polar surface area (TPSA) is 79.8 Å². The Morgan fingerprint density at radius 2 is 1.90 bits per heavy atom. The molecule has 1 atom stereocenters. The number of aromatic nitrogens is 3. The average Bonchev–Trinajstić information content (AvgIpc) is 3.13. The van der Waals surface area contributed by atoms with Gasteiger partial charge in [0.1, 0.15) is 0 Å². The van der Waals surface area contributed by atoms with Gasteiger partial charge in [-0.2, -0.15) is 0 Å². The quantitative estimate of drug-likeness (QED) is 0.496. The van der Waals surface area contributed by atoms with Crippen LogP contribution < -0.4 is 10.6 Å². The van der Waals surface area contributed by atoms with E-state index in [0.717, 1.165) is 27.0 Å². The summed E-state index contributed by atoms with van der Waals surface area (Å²) in [6.07, 6.45) is 1.75. The van der Waals surface area contributed by atoms with Crippen molar-refractivity contribution in [3.05, 3.63) is 82.6 Å². The van der Waals surface area contributed by atoms with Gasteiger partial charge < -0.3 is 10.6 Å². The Morgan fingerprint density at radius 1 is 1.10 bits per heavy atom. The molecule has 7 heteroatoms. The summed E-state index contributed by atoms with van der Waals surface area (Å²) in [5.74, 6) is 0.207. The molecule has 0 bridgehead atoms. The fourth-order valence-electron chi connectivity index (χ4n) is 3.01. The molecule has 3 aromatic heterocycles. The minimum atomic E-state index is -0.211. The number of pyridine rings is 1. The molecule has 0 radical (unpaired) electrons. The Balaban J connectivity index is 1.61. The van der Waals surface area contributed by atoms with E-state index < -0.39 is 0 Å². The smallest absolute Gasteiger partial charge is 0.271 e. The molecule has 1 amide bonds. The number of benzene rings is 1. The molecule has 0 spiro atoms. The van der Waals surface area contributed by atoms with Crippen LogP contribution in [0.4, 0.5) is 5.95 Å². The van der Waals surface area contributed by atoms with Crippen molar-refractivity contribution in [3.8, 4) is 0 Å². The number of nitrogens with one attached hydrogen (secondary N) is 2. The van der Waals surface area contributed by atoms with E-state index in [1.54, 1.807) is 6.20 Å². The first-order valence-corrected chi connectivity index (χ1v) is 10.2. The van der Waals surface area contributed by atoms with Crippen LogP contribution in [0.3, 0.4) is 0 Å². The van der Waals surface area contributed by atoms with Crippen molar-refractivity contribution in [2.24, 2.45) is 0 Å². The van der Waals surface area contributed by atoms with Gasteiger partial charge in [0.15, 0.2) is 5.69 Å². The second-order valence-corrected chi connectivity index (χ2v) is 7.66. The van der Waals surface area contributed by atoms with Crippen LogP contribution in [0, 0.1) is 6.92 Å². The third-order valence-corrected chi connectivity index (χ3v) is 5.67. The number of nitrogens with zero attached hydrogens (tertiary/aromatic N) is 3. The predicted molar refractivity (Wildman–Crippen MR) is 116 cm³/mol. The fourth-order valence-corrected chi connectivity index (χ4v) is 3.99. The minimum absolute atomic E-state index is 0.0900. The van der Waals surface area contributed by atoms with Gasteiger partial charge in [-0.05, 0) is 42.5 Å². The van der Waals surface area contributed by atoms with Crippen LogP contribution in [0.15, 0.2) is 60.1 Å². The Hall–Kier alpha value is -3.32. The van der Waals surface area contributed by atoms with E-state index in [2.05, 4.69) is 25.6 Å². The van der Waals surface area contributed by atoms with Gasteiger partial charge in [0, 0.05) is 12.7 Å². The molecule has 0 aliphatic heterocycles. The van der Waals surface area contributed by atoms with E-state index in [4.69, 9.17) is 0 Å². The van der Waals surface area contributed by atoms with Gasteiger partial charge in [-0.15, -0.1) is 11.3 Å². The second-order valence-electron chi connectivity index (χ2n) is 6.78. The van der Waals surface area contributed by atoms with Crippen molar-refractivity contribution in [3.63, 3.8) is 0 Å². The van der Waals surface area contributed by atoms with E-state index in [0.29, 0.717) is 18.2 Å². The number of anilines is 1. The van der Waals surface area contributed by atoms with Crippen LogP contribution in [0.25, 0.3) is 10.2 Å². The maximum Gasteiger partial charge on any atom is 0.271 e. The second kappa shape index (κ2) is 8.36. The number of carbonyl (C=O) groups excluding carboxylic acids is 1. The molecule has 0 saturated heterocycles. The van der Waals surface area contributed by atoms with Gasteiger partial charge >= 0.3 is 0 Å². The summed E-state index contributed by atoms with van der Waals surface area (Å²) in [5.41, 5.74) is 4.13. The SMILES string of the molecule is Cc1csc2c(C(=O)NCc3ccccc3)nc(NC(C)c3ccccn3)nc12. The van der Waals surface area contributed by atoms with Crippen molar-refractivity contribution >= 4 is 33.4 Å². The summed E-state index contributed by atoms with van der Waals surface area (Å²) in [7, 11) is 0. The molecule has 1 unspecified atom stereocenters. The number of rotatable bonds is 6. The molecule has 0 aliphatic carbocycles. The van der Waals surface area contributed by atoms with E-state index in [1.165, 1.54) is 11.3 Å². The van der Waals surface area contributed by atoms with Crippen LogP contribution in [-0.4, -0.2) is 20.9 Å². The largest absolute Gasteiger partial charge is 0.347 e. The summed E-state index contributed by atoms with van der Waals surface area (Å²) < 4.78 is 0.795. The highest BCUT2D eigenvalue weighted by Crippen LogP contribution is 2.28. The zero-order valence-corrected chi connectivity index (χ0v) is 17.0. The number of carbonyl (C=O) groups is 1. The Morgan fingerprint density at radius 3 is 2.66 bits per heavy atom. The molecule has 4 aromatic rings. The first-order chi connectivity index (χ1) is 14.1. The lowest BCUT2D eigenvalue weighted by atomic mass is 10.2. The molecule has 29 heavy (non-hydrogen) atoms. The molecule has 0 saturated carbocycles. The van der Waals surface area contributed by atoms with Crippen molar-refractivity contribution < 1.29 is 4.79 Å². The van der Waals surface area contributed by atoms with Crippen molar-refractivity contribution in [1.29, 1.82) is 0 Å². The Kier molecular flexibility index (Phi) is 5.48. The lowest BCUT2D eigenvalue weighted by Crippen LogP contribution is -2.24. The molecule has 0 fully saturated rings. The maximum absolute atomic E-state index is 12.9. The van der Waals surface area contributed by atoms with Gasteiger partial charge in [-0.3, -0.25) is 9.78 Å². The maximum atomic E-state index is 12.9. The number of aryl methyl sites for hydroxylation is 1. The zero-order valence-electron chi connectivity index (χ0n) is 16.2. The average molecular weight is 404 g/mol. The zero-order chi connectivity index (χ0) is 20.2. The van der Waals surface area contributed by atoms with E-state index >= 15 is 0 Å². The first-order valence-electron chi connectivity index (χ1n) is 9.37. The third-order valence-electron chi connectivity index (χ3n) is 4.58. The van der Waals surface area contributed by atoms with Crippen LogP contribution in [-0.2, 0) is 6.54 Å². The molecule has 0 aliphatic rings. The van der Waals surface area contributed by atoms with Crippen LogP contribution in [0.1, 0.15) is 40.3 Å². The van der Waals surface area contributed by atoms with Gasteiger partial charge in [-0.25, -0.2) is 9.97 Å². The minimum Gasteiger partial charge on any atom is -0.347 e. The molecule has 6 nitrogen and oxygen atoms in total. The van der Waals surface area contributed by atoms with E-state index in [1.807, 2.05) is 67.8 Å². The van der Waals surface area contributed by atoms with Gasteiger partial charge in [0.05, 0.1) is 22.0 Å². The molecular weight excluding hydrogens is 382 g/mol. The summed E-state index contributed by atoms with van der Waals surface area (Å²) >= 11 is 1.49. The number of hydrogen-bond donors (Lipinski definition) is 2. The Bertz CT molecular complexity index is 1130. The third kappa shape index (κ3) is 4.25. The predicted octanol–water partition coefficient (Wildman–Crippen LogP) is 4.50. The Labute approximate surface area is 173 Å². The van der Waals surface area contributed by atoms with Crippen molar-refractivity contribution in [2.75, 3.05) is 5.32 Å². The van der Waals surface area contributed by atoms with E-state index in [9.17, 15) is 4.79 Å². The van der Waals surface area contributed by atoms with Gasteiger partial charge in [0.2, 0.25) is 5.95 Å². The van der Waals surface area contributed by atoms with Crippen LogP contribution in [0.2, 0.25) is 0 Å². The van der Waals surface area contributed by atoms with Crippen LogP contribution >= 0.6 is 11.3 Å². The highest BCUT2D eigenvalue weighted by Gasteiger charge is 2.19. The number of fused-ring (bicyclic) bond motifs is 1.